The maximum Gasteiger partial charge on any atom is 0.416 e. The van der Waals surface area contributed by atoms with Crippen LogP contribution in [0.4, 0.5) is 45.2 Å². The quantitative estimate of drug-likeness (QED) is 0.0820. The summed E-state index contributed by atoms with van der Waals surface area (Å²) in [6.07, 6.45) is -15.0. The Morgan fingerprint density at radius 1 is 0.585 bits per heavy atom. The fraction of sp³-hybridized carbons (Fsp3) is 0.222. The van der Waals surface area contributed by atoms with Crippen molar-refractivity contribution in [3.8, 4) is 11.1 Å². The maximum atomic E-state index is 13.2. The summed E-state index contributed by atoms with van der Waals surface area (Å²) in [5.74, 6) is -5.07. The van der Waals surface area contributed by atoms with Gasteiger partial charge in [-0.1, -0.05) is 72.8 Å². The van der Waals surface area contributed by atoms with Crippen LogP contribution in [0.3, 0.4) is 0 Å². The molecule has 4 rings (SSSR count). The van der Waals surface area contributed by atoms with E-state index in [1.807, 2.05) is 0 Å². The molecule has 0 radical (unpaired) electrons. The molecule has 53 heavy (non-hydrogen) atoms. The van der Waals surface area contributed by atoms with Crippen LogP contribution < -0.4 is 16.0 Å². The van der Waals surface area contributed by atoms with Gasteiger partial charge in [0.05, 0.1) is 12.0 Å². The Balaban J connectivity index is 1.49. The van der Waals surface area contributed by atoms with Crippen molar-refractivity contribution in [2.45, 2.75) is 30.4 Å². The lowest BCUT2D eigenvalue weighted by molar-refractivity contribution is -0.157. The molecule has 0 saturated carbocycles. The predicted molar refractivity (Wildman–Crippen MR) is 172 cm³/mol. The minimum absolute atomic E-state index is 0.139. The van der Waals surface area contributed by atoms with Gasteiger partial charge in [-0.2, -0.15) is 39.5 Å². The number of benzene rings is 4. The summed E-state index contributed by atoms with van der Waals surface area (Å²) in [6, 6.07) is 22.1. The monoisotopic (exact) mass is 753 g/mol. The van der Waals surface area contributed by atoms with Crippen LogP contribution in [0.1, 0.15) is 27.0 Å². The molecule has 0 aliphatic heterocycles. The molecule has 0 unspecified atom stereocenters. The highest BCUT2D eigenvalue weighted by atomic mass is 19.4. The van der Waals surface area contributed by atoms with E-state index in [9.17, 15) is 58.7 Å². The van der Waals surface area contributed by atoms with Gasteiger partial charge in [-0.25, -0.2) is 0 Å². The molecule has 3 amide bonds. The number of hydrogen-bond acceptors (Lipinski definition) is 5. The molecule has 0 fully saturated rings. The first-order valence-electron chi connectivity index (χ1n) is 15.4. The van der Waals surface area contributed by atoms with E-state index in [1.165, 1.54) is 71.3 Å². The summed E-state index contributed by atoms with van der Waals surface area (Å²) in [5.41, 5.74) is -2.74. The molecule has 17 heteroatoms. The van der Waals surface area contributed by atoms with Crippen molar-refractivity contribution in [1.82, 2.24) is 10.6 Å². The Kier molecular flexibility index (Phi) is 12.2. The molecular formula is C36H28F9N3O5. The maximum absolute atomic E-state index is 13.2. The molecule has 0 spiro atoms. The molecular weight excluding hydrogens is 725 g/mol. The first-order chi connectivity index (χ1) is 24.8. The summed E-state index contributed by atoms with van der Waals surface area (Å²) in [5, 5.41) is 5.62. The van der Waals surface area contributed by atoms with Crippen LogP contribution in [-0.4, -0.2) is 55.7 Å². The van der Waals surface area contributed by atoms with Crippen LogP contribution in [0.25, 0.3) is 11.1 Å². The molecule has 8 nitrogen and oxygen atoms in total. The summed E-state index contributed by atoms with van der Waals surface area (Å²) in [7, 11) is 0. The van der Waals surface area contributed by atoms with Gasteiger partial charge in [0.2, 0.25) is 11.8 Å². The predicted octanol–water partition coefficient (Wildman–Crippen LogP) is 7.01. The van der Waals surface area contributed by atoms with Crippen LogP contribution in [0.5, 0.6) is 0 Å². The average Bonchev–Trinajstić information content (AvgIpc) is 3.10. The van der Waals surface area contributed by atoms with Gasteiger partial charge < -0.3 is 20.7 Å². The SMILES string of the molecule is O=C(Cc1ccc(NC(=O)c2ccccc2-c2ccc(C(F)(F)F)cc2)cc1)OCC(C(=O)NCC(F)(F)F)(C(=O)NCC(F)(F)F)c1ccccc1. The molecule has 0 aliphatic rings. The van der Waals surface area contributed by atoms with E-state index in [-0.39, 0.29) is 22.4 Å². The lowest BCUT2D eigenvalue weighted by atomic mass is 9.79. The highest BCUT2D eigenvalue weighted by Gasteiger charge is 2.50. The van der Waals surface area contributed by atoms with Crippen molar-refractivity contribution in [2.75, 3.05) is 25.0 Å². The molecule has 4 aromatic rings. The average molecular weight is 754 g/mol. The second kappa shape index (κ2) is 16.2. The van der Waals surface area contributed by atoms with Crippen LogP contribution in [-0.2, 0) is 37.1 Å². The number of carbonyl (C=O) groups is 4. The number of hydrogen-bond donors (Lipinski definition) is 3. The zero-order valence-corrected chi connectivity index (χ0v) is 27.1. The van der Waals surface area contributed by atoms with E-state index in [0.29, 0.717) is 11.1 Å². The van der Waals surface area contributed by atoms with Gasteiger partial charge >= 0.3 is 24.5 Å². The summed E-state index contributed by atoms with van der Waals surface area (Å²) < 4.78 is 122. The minimum Gasteiger partial charge on any atom is -0.463 e. The zero-order chi connectivity index (χ0) is 39.0. The fourth-order valence-electron chi connectivity index (χ4n) is 5.05. The number of amides is 3. The summed E-state index contributed by atoms with van der Waals surface area (Å²) in [6.45, 7) is -5.15. The van der Waals surface area contributed by atoms with Gasteiger partial charge in [-0.05, 0) is 52.6 Å². The summed E-state index contributed by atoms with van der Waals surface area (Å²) >= 11 is 0. The van der Waals surface area contributed by atoms with Crippen LogP contribution in [0, 0.1) is 0 Å². The van der Waals surface area contributed by atoms with Crippen molar-refractivity contribution in [3.63, 3.8) is 0 Å². The van der Waals surface area contributed by atoms with E-state index in [2.05, 4.69) is 5.32 Å². The van der Waals surface area contributed by atoms with Gasteiger partial charge in [-0.15, -0.1) is 0 Å². The molecule has 4 aromatic carbocycles. The third kappa shape index (κ3) is 10.8. The molecule has 0 heterocycles. The second-order valence-corrected chi connectivity index (χ2v) is 11.5. The van der Waals surface area contributed by atoms with E-state index < -0.39 is 79.3 Å². The van der Waals surface area contributed by atoms with E-state index in [1.54, 1.807) is 18.2 Å². The normalized spacial score (nSPS) is 12.1. The largest absolute Gasteiger partial charge is 0.463 e. The molecule has 0 bridgehead atoms. The molecule has 3 N–H and O–H groups in total. The number of halogens is 9. The number of anilines is 1. The number of rotatable bonds is 12. The standard InChI is InChI=1S/C36H28F9N3O5/c37-34(38,39)19-46-31(51)33(24-6-2-1-3-7-24,32(52)47-20-35(40,41)42)21-53-29(49)18-22-10-16-26(17-11-22)48-30(50)28-9-5-4-8-27(28)23-12-14-25(15-13-23)36(43,44)45/h1-17H,18-21H2,(H,46,51)(H,47,52)(H,48,50). The lowest BCUT2D eigenvalue weighted by Gasteiger charge is -2.31. The Bertz CT molecular complexity index is 1880. The third-order valence-corrected chi connectivity index (χ3v) is 7.65. The number of nitrogens with one attached hydrogen (secondary N) is 3. The first kappa shape index (κ1) is 39.9. The Labute approximate surface area is 295 Å². The van der Waals surface area contributed by atoms with Crippen molar-refractivity contribution in [2.24, 2.45) is 0 Å². The second-order valence-electron chi connectivity index (χ2n) is 11.5. The van der Waals surface area contributed by atoms with Crippen LogP contribution in [0.2, 0.25) is 0 Å². The smallest absolute Gasteiger partial charge is 0.416 e. The minimum atomic E-state index is -4.96. The van der Waals surface area contributed by atoms with Crippen LogP contribution in [0.15, 0.2) is 103 Å². The van der Waals surface area contributed by atoms with Crippen LogP contribution >= 0.6 is 0 Å². The summed E-state index contributed by atoms with van der Waals surface area (Å²) in [4.78, 5) is 52.5. The lowest BCUT2D eigenvalue weighted by Crippen LogP contribution is -2.59. The third-order valence-electron chi connectivity index (χ3n) is 7.65. The molecule has 0 aliphatic carbocycles. The van der Waals surface area contributed by atoms with Gasteiger partial charge in [-0.3, -0.25) is 19.2 Å². The van der Waals surface area contributed by atoms with Crippen molar-refractivity contribution in [1.29, 1.82) is 0 Å². The van der Waals surface area contributed by atoms with Gasteiger partial charge in [0.1, 0.15) is 19.7 Å². The highest BCUT2D eigenvalue weighted by molar-refractivity contribution is 6.11. The van der Waals surface area contributed by atoms with Gasteiger partial charge in [0.25, 0.3) is 5.91 Å². The van der Waals surface area contributed by atoms with E-state index >= 15 is 0 Å². The van der Waals surface area contributed by atoms with Crippen molar-refractivity contribution >= 4 is 29.4 Å². The van der Waals surface area contributed by atoms with Crippen molar-refractivity contribution < 1.29 is 63.4 Å². The Morgan fingerprint density at radius 2 is 1.11 bits per heavy atom. The van der Waals surface area contributed by atoms with Gasteiger partial charge in [0.15, 0.2) is 5.41 Å². The van der Waals surface area contributed by atoms with E-state index in [0.717, 1.165) is 24.3 Å². The number of carbonyl (C=O) groups excluding carboxylic acids is 4. The molecule has 0 aromatic heterocycles. The Hall–Kier alpha value is -5.87. The topological polar surface area (TPSA) is 114 Å². The Morgan fingerprint density at radius 3 is 1.64 bits per heavy atom. The number of ether oxygens (including phenoxy) is 1. The van der Waals surface area contributed by atoms with E-state index in [4.69, 9.17) is 4.74 Å². The molecule has 0 saturated heterocycles. The van der Waals surface area contributed by atoms with Crippen molar-refractivity contribution in [3.05, 3.63) is 125 Å². The number of esters is 1. The fourth-order valence-corrected chi connectivity index (χ4v) is 5.05. The number of alkyl halides is 9. The molecule has 0 atom stereocenters. The highest BCUT2D eigenvalue weighted by Crippen LogP contribution is 2.32. The molecule has 280 valence electrons. The van der Waals surface area contributed by atoms with Gasteiger partial charge in [0, 0.05) is 11.3 Å². The zero-order valence-electron chi connectivity index (χ0n) is 27.1. The first-order valence-corrected chi connectivity index (χ1v) is 15.4.